The smallest absolute Gasteiger partial charge is 0.153 e. The van der Waals surface area contributed by atoms with Crippen molar-refractivity contribution in [2.45, 2.75) is 24.3 Å². The second-order valence-electron chi connectivity index (χ2n) is 6.59. The topological polar surface area (TPSA) is 81.4 Å². The number of aliphatic hydroxyl groups is 1. The largest absolute Gasteiger partial charge is 0.394 e. The van der Waals surface area contributed by atoms with Crippen LogP contribution < -0.4 is 5.32 Å². The van der Waals surface area contributed by atoms with E-state index in [0.29, 0.717) is 19.9 Å². The highest BCUT2D eigenvalue weighted by molar-refractivity contribution is 7.80. The predicted molar refractivity (Wildman–Crippen MR) is 115 cm³/mol. The van der Waals surface area contributed by atoms with E-state index in [1.165, 1.54) is 0 Å². The number of thiol groups is 1. The summed E-state index contributed by atoms with van der Waals surface area (Å²) in [7, 11) is 1.64. The van der Waals surface area contributed by atoms with E-state index in [1.807, 2.05) is 36.5 Å². The van der Waals surface area contributed by atoms with Gasteiger partial charge in [-0.05, 0) is 35.4 Å². The number of nitrogens with zero attached hydrogens (tertiary/aromatic N) is 3. The number of nitrogens with one attached hydrogen (secondary N) is 1. The van der Waals surface area contributed by atoms with E-state index in [4.69, 9.17) is 19.7 Å². The fourth-order valence-corrected chi connectivity index (χ4v) is 3.18. The first-order chi connectivity index (χ1) is 14.1. The molecule has 0 aliphatic heterocycles. The summed E-state index contributed by atoms with van der Waals surface area (Å²) >= 11 is 4.57. The number of aliphatic hydroxyl groups excluding tert-OH is 1. The first kappa shape index (κ1) is 21.3. The minimum absolute atomic E-state index is 0.0147. The number of aromatic nitrogens is 3. The Morgan fingerprint density at radius 2 is 2.10 bits per heavy atom. The lowest BCUT2D eigenvalue weighted by molar-refractivity contribution is 0.0814. The van der Waals surface area contributed by atoms with Crippen LogP contribution in [0.15, 0.2) is 53.7 Å². The van der Waals surface area contributed by atoms with Crippen molar-refractivity contribution in [3.8, 4) is 5.82 Å². The second kappa shape index (κ2) is 10.4. The maximum absolute atomic E-state index is 8.76. The molecule has 0 saturated heterocycles. The van der Waals surface area contributed by atoms with Crippen LogP contribution in [-0.4, -0.2) is 46.9 Å². The summed E-state index contributed by atoms with van der Waals surface area (Å²) in [6.07, 6.45) is 3.67. The van der Waals surface area contributed by atoms with Gasteiger partial charge in [-0.25, -0.2) is 9.67 Å². The van der Waals surface area contributed by atoms with Crippen molar-refractivity contribution in [2.75, 3.05) is 32.4 Å². The summed E-state index contributed by atoms with van der Waals surface area (Å²) in [4.78, 5) is 5.32. The molecule has 0 aliphatic rings. The minimum atomic E-state index is 0.0147. The number of rotatable bonds is 10. The van der Waals surface area contributed by atoms with Gasteiger partial charge in [0, 0.05) is 36.0 Å². The molecule has 3 rings (SSSR count). The van der Waals surface area contributed by atoms with Crippen LogP contribution in [0.5, 0.6) is 0 Å². The first-order valence-corrected chi connectivity index (χ1v) is 9.82. The number of hydrogen-bond acceptors (Lipinski definition) is 7. The third-order valence-corrected chi connectivity index (χ3v) is 4.90. The SMILES string of the molecule is COCNc1ccc(C(C)c2ccn(-c3ccc(COCCO)cn3)n2)cc1S. The van der Waals surface area contributed by atoms with Crippen molar-refractivity contribution in [1.82, 2.24) is 14.8 Å². The van der Waals surface area contributed by atoms with Crippen LogP contribution in [0.3, 0.4) is 0 Å². The van der Waals surface area contributed by atoms with Gasteiger partial charge in [-0.15, -0.1) is 12.6 Å². The van der Waals surface area contributed by atoms with Gasteiger partial charge in [0.15, 0.2) is 5.82 Å². The van der Waals surface area contributed by atoms with Gasteiger partial charge < -0.3 is 19.9 Å². The molecular weight excluding hydrogens is 388 g/mol. The molecule has 2 aromatic heterocycles. The molecule has 1 atom stereocenters. The number of anilines is 1. The highest BCUT2D eigenvalue weighted by Crippen LogP contribution is 2.29. The molecule has 0 fully saturated rings. The number of methoxy groups -OCH3 is 1. The van der Waals surface area contributed by atoms with Crippen molar-refractivity contribution in [2.24, 2.45) is 0 Å². The Kier molecular flexibility index (Phi) is 7.65. The van der Waals surface area contributed by atoms with Crippen molar-refractivity contribution in [1.29, 1.82) is 0 Å². The van der Waals surface area contributed by atoms with Gasteiger partial charge in [0.25, 0.3) is 0 Å². The monoisotopic (exact) mass is 414 g/mol. The summed E-state index contributed by atoms with van der Waals surface area (Å²) in [6.45, 7) is 3.32. The molecule has 0 bridgehead atoms. The maximum Gasteiger partial charge on any atom is 0.153 e. The van der Waals surface area contributed by atoms with E-state index in [1.54, 1.807) is 18.0 Å². The molecule has 0 saturated carbocycles. The lowest BCUT2D eigenvalue weighted by Gasteiger charge is -2.13. The lowest BCUT2D eigenvalue weighted by Crippen LogP contribution is -2.05. The Bertz CT molecular complexity index is 915. The normalized spacial score (nSPS) is 12.1. The van der Waals surface area contributed by atoms with Gasteiger partial charge in [0.2, 0.25) is 0 Å². The van der Waals surface area contributed by atoms with Crippen molar-refractivity contribution >= 4 is 18.3 Å². The third kappa shape index (κ3) is 5.57. The molecular formula is C21H26N4O3S. The average Bonchev–Trinajstić information content (AvgIpc) is 3.23. The lowest BCUT2D eigenvalue weighted by atomic mass is 9.98. The number of hydrogen-bond donors (Lipinski definition) is 3. The van der Waals surface area contributed by atoms with Gasteiger partial charge in [0.05, 0.1) is 25.5 Å². The standard InChI is InChI=1S/C21H26N4O3S/c1-15(17-4-5-19(20(29)11-17)23-14-27-2)18-7-8-25(24-18)21-6-3-16(12-22-21)13-28-10-9-26/h3-8,11-12,15,23,26,29H,9-10,13-14H2,1-2H3. The molecule has 29 heavy (non-hydrogen) atoms. The van der Waals surface area contributed by atoms with Crippen LogP contribution in [0.25, 0.3) is 5.82 Å². The quantitative estimate of drug-likeness (QED) is 0.268. The molecule has 7 nitrogen and oxygen atoms in total. The van der Waals surface area contributed by atoms with E-state index in [9.17, 15) is 0 Å². The van der Waals surface area contributed by atoms with Crippen molar-refractivity contribution in [3.63, 3.8) is 0 Å². The zero-order valence-electron chi connectivity index (χ0n) is 16.6. The average molecular weight is 415 g/mol. The second-order valence-corrected chi connectivity index (χ2v) is 7.08. The number of ether oxygens (including phenoxy) is 2. The summed E-state index contributed by atoms with van der Waals surface area (Å²) in [5.74, 6) is 0.855. The zero-order valence-corrected chi connectivity index (χ0v) is 17.5. The van der Waals surface area contributed by atoms with E-state index in [0.717, 1.165) is 33.2 Å². The fourth-order valence-electron chi connectivity index (χ4n) is 2.88. The molecule has 1 aromatic carbocycles. The van der Waals surface area contributed by atoms with Crippen LogP contribution in [0.2, 0.25) is 0 Å². The van der Waals surface area contributed by atoms with Gasteiger partial charge in [-0.1, -0.05) is 19.1 Å². The van der Waals surface area contributed by atoms with Gasteiger partial charge in [-0.2, -0.15) is 5.10 Å². The van der Waals surface area contributed by atoms with E-state index < -0.39 is 0 Å². The zero-order chi connectivity index (χ0) is 20.6. The molecule has 154 valence electrons. The molecule has 0 spiro atoms. The van der Waals surface area contributed by atoms with Crippen LogP contribution in [-0.2, 0) is 16.1 Å². The molecule has 0 radical (unpaired) electrons. The molecule has 2 heterocycles. The Morgan fingerprint density at radius 1 is 1.24 bits per heavy atom. The summed E-state index contributed by atoms with van der Waals surface area (Å²) in [5.41, 5.74) is 3.97. The van der Waals surface area contributed by atoms with Gasteiger partial charge in [0.1, 0.15) is 6.73 Å². The van der Waals surface area contributed by atoms with E-state index in [-0.39, 0.29) is 12.5 Å². The molecule has 3 aromatic rings. The van der Waals surface area contributed by atoms with Crippen molar-refractivity contribution < 1.29 is 14.6 Å². The number of pyridine rings is 1. The summed E-state index contributed by atoms with van der Waals surface area (Å²) in [6, 6.07) is 12.0. The minimum Gasteiger partial charge on any atom is -0.394 e. The molecule has 8 heteroatoms. The van der Waals surface area contributed by atoms with Gasteiger partial charge in [-0.3, -0.25) is 0 Å². The Balaban J connectivity index is 1.69. The van der Waals surface area contributed by atoms with Crippen LogP contribution >= 0.6 is 12.6 Å². The fraction of sp³-hybridized carbons (Fsp3) is 0.333. The van der Waals surface area contributed by atoms with Crippen LogP contribution in [0, 0.1) is 0 Å². The molecule has 1 unspecified atom stereocenters. The summed E-state index contributed by atoms with van der Waals surface area (Å²) < 4.78 is 12.1. The first-order valence-electron chi connectivity index (χ1n) is 9.37. The molecule has 0 aliphatic carbocycles. The van der Waals surface area contributed by atoms with Crippen LogP contribution in [0.4, 0.5) is 5.69 Å². The van der Waals surface area contributed by atoms with Crippen molar-refractivity contribution in [3.05, 3.63) is 65.6 Å². The maximum atomic E-state index is 8.76. The summed E-state index contributed by atoms with van der Waals surface area (Å²) in [5, 5.41) is 16.6. The highest BCUT2D eigenvalue weighted by Gasteiger charge is 2.14. The Morgan fingerprint density at radius 3 is 2.79 bits per heavy atom. The highest BCUT2D eigenvalue weighted by atomic mass is 32.1. The van der Waals surface area contributed by atoms with Crippen LogP contribution in [0.1, 0.15) is 29.7 Å². The number of benzene rings is 1. The molecule has 2 N–H and O–H groups in total. The third-order valence-electron chi connectivity index (χ3n) is 4.53. The van der Waals surface area contributed by atoms with E-state index >= 15 is 0 Å². The predicted octanol–water partition coefficient (Wildman–Crippen LogP) is 3.23. The van der Waals surface area contributed by atoms with Gasteiger partial charge >= 0.3 is 0 Å². The Hall–Kier alpha value is -2.39. The van der Waals surface area contributed by atoms with E-state index in [2.05, 4.69) is 35.9 Å². The molecule has 0 amide bonds. The Labute approximate surface area is 176 Å².